The summed E-state index contributed by atoms with van der Waals surface area (Å²) in [5.41, 5.74) is 7.27. The summed E-state index contributed by atoms with van der Waals surface area (Å²) < 4.78 is 38.5. The molecule has 3 N–H and O–H groups in total. The van der Waals surface area contributed by atoms with Crippen molar-refractivity contribution in [3.8, 4) is 11.3 Å². The molecule has 0 spiro atoms. The summed E-state index contributed by atoms with van der Waals surface area (Å²) in [7, 11) is 0. The Labute approximate surface area is 182 Å². The molecule has 32 heavy (non-hydrogen) atoms. The second-order valence-corrected chi connectivity index (χ2v) is 7.26. The van der Waals surface area contributed by atoms with Crippen LogP contribution in [0.4, 0.5) is 24.8 Å². The molecule has 162 valence electrons. The van der Waals surface area contributed by atoms with Crippen molar-refractivity contribution >= 4 is 28.3 Å². The second-order valence-electron chi connectivity index (χ2n) is 7.26. The van der Waals surface area contributed by atoms with Gasteiger partial charge in [0.25, 0.3) is 0 Å². The van der Waals surface area contributed by atoms with Crippen LogP contribution in [0.2, 0.25) is 0 Å². The van der Waals surface area contributed by atoms with E-state index in [9.17, 15) is 18.0 Å². The molecule has 4 rings (SSSR count). The van der Waals surface area contributed by atoms with Crippen molar-refractivity contribution in [2.75, 3.05) is 11.1 Å². The van der Waals surface area contributed by atoms with Gasteiger partial charge in [-0.1, -0.05) is 48.5 Å². The smallest absolute Gasteiger partial charge is 0.368 e. The minimum Gasteiger partial charge on any atom is -0.368 e. The van der Waals surface area contributed by atoms with E-state index in [1.54, 1.807) is 6.07 Å². The molecule has 1 heterocycles. The molecule has 0 unspecified atom stereocenters. The van der Waals surface area contributed by atoms with Gasteiger partial charge in [-0.2, -0.15) is 13.2 Å². The molecule has 0 saturated heterocycles. The predicted molar refractivity (Wildman–Crippen MR) is 118 cm³/mol. The monoisotopic (exact) mass is 436 g/mol. The summed E-state index contributed by atoms with van der Waals surface area (Å²) in [6.45, 7) is 0. The summed E-state index contributed by atoms with van der Waals surface area (Å²) in [5, 5.41) is 4.57. The highest BCUT2D eigenvalue weighted by Crippen LogP contribution is 2.31. The molecule has 5 nitrogen and oxygen atoms in total. The van der Waals surface area contributed by atoms with E-state index in [2.05, 4.69) is 15.3 Å². The standard InChI is InChI=1S/C24H19F3N4O/c25-24(26,27)16-7-4-8-17(13-16)29-22(32)12-11-18-14-21(31-23(28)30-18)20-10-3-6-15-5-1-2-9-19(15)20/h1-10,13-14H,11-12H2,(H,29,32)(H2,28,30,31). The zero-order valence-electron chi connectivity index (χ0n) is 16.9. The number of carbonyl (C=O) groups is 1. The van der Waals surface area contributed by atoms with Crippen molar-refractivity contribution in [3.05, 3.63) is 84.1 Å². The lowest BCUT2D eigenvalue weighted by atomic mass is 10.0. The number of fused-ring (bicyclic) bond motifs is 1. The highest BCUT2D eigenvalue weighted by molar-refractivity contribution is 5.96. The van der Waals surface area contributed by atoms with Gasteiger partial charge in [0.1, 0.15) is 0 Å². The summed E-state index contributed by atoms with van der Waals surface area (Å²) >= 11 is 0. The van der Waals surface area contributed by atoms with Gasteiger partial charge in [0, 0.05) is 23.4 Å². The largest absolute Gasteiger partial charge is 0.416 e. The lowest BCUT2D eigenvalue weighted by Gasteiger charge is -2.11. The SMILES string of the molecule is Nc1nc(CCC(=O)Nc2cccc(C(F)(F)F)c2)cc(-c2cccc3ccccc23)n1. The lowest BCUT2D eigenvalue weighted by molar-refractivity contribution is -0.137. The van der Waals surface area contributed by atoms with Crippen molar-refractivity contribution in [3.63, 3.8) is 0 Å². The number of carbonyl (C=O) groups excluding carboxylic acids is 1. The van der Waals surface area contributed by atoms with Crippen LogP contribution in [0.1, 0.15) is 17.7 Å². The van der Waals surface area contributed by atoms with Crippen molar-refractivity contribution in [2.45, 2.75) is 19.0 Å². The number of aryl methyl sites for hydroxylation is 1. The first-order valence-corrected chi connectivity index (χ1v) is 9.88. The van der Waals surface area contributed by atoms with Gasteiger partial charge < -0.3 is 11.1 Å². The second kappa shape index (κ2) is 8.66. The molecule has 8 heteroatoms. The maximum Gasteiger partial charge on any atom is 0.416 e. The Morgan fingerprint density at radius 2 is 1.69 bits per heavy atom. The fourth-order valence-electron chi connectivity index (χ4n) is 3.47. The van der Waals surface area contributed by atoms with Crippen LogP contribution in [0, 0.1) is 0 Å². The number of nitrogens with two attached hydrogens (primary N) is 1. The number of benzene rings is 3. The molecular weight excluding hydrogens is 417 g/mol. The number of anilines is 2. The number of alkyl halides is 3. The van der Waals surface area contributed by atoms with E-state index in [-0.39, 0.29) is 24.5 Å². The molecule has 0 atom stereocenters. The summed E-state index contributed by atoms with van der Waals surface area (Å²) in [5.74, 6) is -0.336. The minimum absolute atomic E-state index is 0.0294. The lowest BCUT2D eigenvalue weighted by Crippen LogP contribution is -2.14. The number of amides is 1. The normalized spacial score (nSPS) is 11.5. The minimum atomic E-state index is -4.47. The fraction of sp³-hybridized carbons (Fsp3) is 0.125. The molecule has 0 aliphatic carbocycles. The molecule has 1 amide bonds. The van der Waals surface area contributed by atoms with Crippen molar-refractivity contribution < 1.29 is 18.0 Å². The molecule has 0 fully saturated rings. The molecule has 0 saturated carbocycles. The average molecular weight is 436 g/mol. The quantitative estimate of drug-likeness (QED) is 0.435. The maximum absolute atomic E-state index is 12.8. The third-order valence-corrected chi connectivity index (χ3v) is 4.94. The van der Waals surface area contributed by atoms with Gasteiger partial charge in [-0.25, -0.2) is 9.97 Å². The maximum atomic E-state index is 12.8. The summed E-state index contributed by atoms with van der Waals surface area (Å²) in [4.78, 5) is 20.8. The summed E-state index contributed by atoms with van der Waals surface area (Å²) in [6, 6.07) is 20.0. The Kier molecular flexibility index (Phi) is 5.77. The molecule has 3 aromatic carbocycles. The zero-order chi connectivity index (χ0) is 22.7. The summed E-state index contributed by atoms with van der Waals surface area (Å²) in [6.07, 6.45) is -4.19. The van der Waals surface area contributed by atoms with Crippen LogP contribution in [0.3, 0.4) is 0 Å². The molecule has 4 aromatic rings. The van der Waals surface area contributed by atoms with Gasteiger partial charge in [0.15, 0.2) is 0 Å². The van der Waals surface area contributed by atoms with Gasteiger partial charge in [0.05, 0.1) is 11.3 Å². The number of aromatic nitrogens is 2. The van der Waals surface area contributed by atoms with E-state index >= 15 is 0 Å². The van der Waals surface area contributed by atoms with Crippen LogP contribution in [-0.2, 0) is 17.4 Å². The molecular formula is C24H19F3N4O. The van der Waals surface area contributed by atoms with Crippen molar-refractivity contribution in [1.29, 1.82) is 0 Å². The van der Waals surface area contributed by atoms with E-state index in [1.165, 1.54) is 12.1 Å². The van der Waals surface area contributed by atoms with E-state index in [0.29, 0.717) is 11.4 Å². The van der Waals surface area contributed by atoms with Crippen molar-refractivity contribution in [1.82, 2.24) is 9.97 Å². The predicted octanol–water partition coefficient (Wildman–Crippen LogP) is 5.47. The van der Waals surface area contributed by atoms with Gasteiger partial charge in [-0.05, 0) is 41.5 Å². The number of nitrogen functional groups attached to an aromatic ring is 1. The first-order chi connectivity index (χ1) is 15.3. The first-order valence-electron chi connectivity index (χ1n) is 9.88. The van der Waals surface area contributed by atoms with Crippen LogP contribution in [-0.4, -0.2) is 15.9 Å². The van der Waals surface area contributed by atoms with E-state index in [0.717, 1.165) is 28.5 Å². The molecule has 0 aliphatic rings. The third kappa shape index (κ3) is 4.85. The number of rotatable bonds is 5. The Morgan fingerprint density at radius 3 is 2.50 bits per heavy atom. The number of hydrogen-bond acceptors (Lipinski definition) is 4. The average Bonchev–Trinajstić information content (AvgIpc) is 2.76. The molecule has 1 aromatic heterocycles. The molecule has 0 bridgehead atoms. The number of halogens is 3. The first kappa shape index (κ1) is 21.3. The zero-order valence-corrected chi connectivity index (χ0v) is 16.9. The topological polar surface area (TPSA) is 80.9 Å². The van der Waals surface area contributed by atoms with E-state index in [4.69, 9.17) is 5.73 Å². The Hall–Kier alpha value is -3.94. The number of nitrogens with zero attached hydrogens (tertiary/aromatic N) is 2. The highest BCUT2D eigenvalue weighted by Gasteiger charge is 2.30. The Morgan fingerprint density at radius 1 is 0.938 bits per heavy atom. The highest BCUT2D eigenvalue weighted by atomic mass is 19.4. The third-order valence-electron chi connectivity index (χ3n) is 4.94. The van der Waals surface area contributed by atoms with Crippen LogP contribution >= 0.6 is 0 Å². The van der Waals surface area contributed by atoms with Crippen LogP contribution in [0.15, 0.2) is 72.8 Å². The number of nitrogens with one attached hydrogen (secondary N) is 1. The van der Waals surface area contributed by atoms with Crippen LogP contribution < -0.4 is 11.1 Å². The molecule has 0 radical (unpaired) electrons. The van der Waals surface area contributed by atoms with Crippen molar-refractivity contribution in [2.24, 2.45) is 0 Å². The Balaban J connectivity index is 1.50. The number of hydrogen-bond donors (Lipinski definition) is 2. The van der Waals surface area contributed by atoms with Crippen LogP contribution in [0.25, 0.3) is 22.0 Å². The van der Waals surface area contributed by atoms with Gasteiger partial charge in [0.2, 0.25) is 11.9 Å². The fourth-order valence-corrected chi connectivity index (χ4v) is 3.47. The van der Waals surface area contributed by atoms with E-state index in [1.807, 2.05) is 42.5 Å². The van der Waals surface area contributed by atoms with Crippen LogP contribution in [0.5, 0.6) is 0 Å². The molecule has 0 aliphatic heterocycles. The van der Waals surface area contributed by atoms with E-state index < -0.39 is 17.6 Å². The van der Waals surface area contributed by atoms with Gasteiger partial charge in [-0.3, -0.25) is 4.79 Å². The van der Waals surface area contributed by atoms with Gasteiger partial charge >= 0.3 is 6.18 Å². The van der Waals surface area contributed by atoms with Gasteiger partial charge in [-0.15, -0.1) is 0 Å². The Bertz CT molecular complexity index is 1280.